The molecule has 0 saturated heterocycles. The molecule has 0 aliphatic carbocycles. The molecule has 5 heteroatoms. The van der Waals surface area contributed by atoms with Gasteiger partial charge in [-0.1, -0.05) is 24.4 Å². The number of hydrogen-bond donors (Lipinski definition) is 1. The Morgan fingerprint density at radius 1 is 1.26 bits per heavy atom. The van der Waals surface area contributed by atoms with Crippen LogP contribution in [0, 0.1) is 0 Å². The highest BCUT2D eigenvalue weighted by atomic mass is 35.5. The molecule has 0 aromatic heterocycles. The molecule has 0 unspecified atom stereocenters. The lowest BCUT2D eigenvalue weighted by Crippen LogP contribution is -2.39. The van der Waals surface area contributed by atoms with Crippen molar-refractivity contribution in [1.82, 2.24) is 0 Å². The SMILES string of the molecule is O=C1COc2ccc(Cl)cc2N1CCCCCCS. The lowest BCUT2D eigenvalue weighted by molar-refractivity contribution is -0.121. The van der Waals surface area contributed by atoms with E-state index in [-0.39, 0.29) is 12.5 Å². The van der Waals surface area contributed by atoms with Gasteiger partial charge in [-0.05, 0) is 36.8 Å². The van der Waals surface area contributed by atoms with Crippen LogP contribution in [0.2, 0.25) is 5.02 Å². The van der Waals surface area contributed by atoms with Gasteiger partial charge in [-0.15, -0.1) is 0 Å². The number of anilines is 1. The molecule has 0 atom stereocenters. The summed E-state index contributed by atoms with van der Waals surface area (Å²) in [7, 11) is 0. The number of carbonyl (C=O) groups excluding carboxylic acids is 1. The molecular weight excluding hydrogens is 282 g/mol. The zero-order chi connectivity index (χ0) is 13.7. The Morgan fingerprint density at radius 2 is 2.05 bits per heavy atom. The van der Waals surface area contributed by atoms with Gasteiger partial charge in [-0.3, -0.25) is 4.79 Å². The predicted octanol–water partition coefficient (Wildman–Crippen LogP) is 3.56. The first-order valence-corrected chi connectivity index (χ1v) is 7.57. The number of carbonyl (C=O) groups is 1. The summed E-state index contributed by atoms with van der Waals surface area (Å²) < 4.78 is 5.41. The number of hydrogen-bond acceptors (Lipinski definition) is 3. The second-order valence-electron chi connectivity index (χ2n) is 4.58. The monoisotopic (exact) mass is 299 g/mol. The van der Waals surface area contributed by atoms with Crippen molar-refractivity contribution in [3.63, 3.8) is 0 Å². The molecule has 1 aliphatic heterocycles. The minimum Gasteiger partial charge on any atom is -0.482 e. The van der Waals surface area contributed by atoms with Gasteiger partial charge in [0.15, 0.2) is 6.61 Å². The van der Waals surface area contributed by atoms with E-state index in [9.17, 15) is 4.79 Å². The third-order valence-electron chi connectivity index (χ3n) is 3.15. The molecule has 1 amide bonds. The molecule has 0 fully saturated rings. The smallest absolute Gasteiger partial charge is 0.265 e. The largest absolute Gasteiger partial charge is 0.482 e. The fourth-order valence-electron chi connectivity index (χ4n) is 2.16. The number of ether oxygens (including phenoxy) is 1. The molecule has 1 aromatic carbocycles. The van der Waals surface area contributed by atoms with E-state index >= 15 is 0 Å². The van der Waals surface area contributed by atoms with E-state index in [2.05, 4.69) is 12.6 Å². The summed E-state index contributed by atoms with van der Waals surface area (Å²) in [6.45, 7) is 0.841. The fourth-order valence-corrected chi connectivity index (χ4v) is 2.55. The summed E-state index contributed by atoms with van der Waals surface area (Å²) in [5, 5.41) is 0.622. The molecule has 1 aromatic rings. The number of benzene rings is 1. The maximum atomic E-state index is 11.9. The van der Waals surface area contributed by atoms with Crippen LogP contribution in [-0.2, 0) is 4.79 Å². The van der Waals surface area contributed by atoms with Crippen molar-refractivity contribution in [2.24, 2.45) is 0 Å². The van der Waals surface area contributed by atoms with Crippen molar-refractivity contribution in [3.05, 3.63) is 23.2 Å². The number of unbranched alkanes of at least 4 members (excludes halogenated alkanes) is 3. The van der Waals surface area contributed by atoms with Gasteiger partial charge in [0, 0.05) is 11.6 Å². The Labute approximate surface area is 124 Å². The number of amides is 1. The van der Waals surface area contributed by atoms with Crippen LogP contribution < -0.4 is 9.64 Å². The molecule has 1 aliphatic rings. The van der Waals surface area contributed by atoms with Crippen LogP contribution >= 0.6 is 24.2 Å². The van der Waals surface area contributed by atoms with Crippen LogP contribution in [-0.4, -0.2) is 24.8 Å². The summed E-state index contributed by atoms with van der Waals surface area (Å²) in [5.41, 5.74) is 0.790. The van der Waals surface area contributed by atoms with Crippen molar-refractivity contribution in [2.45, 2.75) is 25.7 Å². The first-order chi connectivity index (χ1) is 9.22. The molecule has 0 bridgehead atoms. The lowest BCUT2D eigenvalue weighted by Gasteiger charge is -2.29. The average Bonchev–Trinajstić information content (AvgIpc) is 2.40. The van der Waals surface area contributed by atoms with E-state index in [1.807, 2.05) is 6.07 Å². The topological polar surface area (TPSA) is 29.5 Å². The van der Waals surface area contributed by atoms with E-state index in [4.69, 9.17) is 16.3 Å². The van der Waals surface area contributed by atoms with Crippen molar-refractivity contribution in [3.8, 4) is 5.75 Å². The summed E-state index contributed by atoms with van der Waals surface area (Å²) >= 11 is 10.2. The van der Waals surface area contributed by atoms with Crippen molar-refractivity contribution >= 4 is 35.8 Å². The third-order valence-corrected chi connectivity index (χ3v) is 3.71. The van der Waals surface area contributed by atoms with Gasteiger partial charge in [-0.25, -0.2) is 0 Å². The van der Waals surface area contributed by atoms with E-state index in [1.165, 1.54) is 0 Å². The van der Waals surface area contributed by atoms with E-state index in [0.717, 1.165) is 49.4 Å². The summed E-state index contributed by atoms with van der Waals surface area (Å²) in [4.78, 5) is 13.7. The lowest BCUT2D eigenvalue weighted by atomic mass is 10.1. The van der Waals surface area contributed by atoms with Gasteiger partial charge < -0.3 is 9.64 Å². The van der Waals surface area contributed by atoms with Crippen molar-refractivity contribution < 1.29 is 9.53 Å². The Bertz CT molecular complexity index is 453. The third kappa shape index (κ3) is 3.80. The molecule has 1 heterocycles. The van der Waals surface area contributed by atoms with Gasteiger partial charge >= 0.3 is 0 Å². The number of rotatable bonds is 6. The number of fused-ring (bicyclic) bond motifs is 1. The van der Waals surface area contributed by atoms with Crippen molar-refractivity contribution in [1.29, 1.82) is 0 Å². The average molecular weight is 300 g/mol. The highest BCUT2D eigenvalue weighted by Crippen LogP contribution is 2.34. The molecular formula is C14H18ClNO2S. The van der Waals surface area contributed by atoms with E-state index in [1.54, 1.807) is 17.0 Å². The van der Waals surface area contributed by atoms with Crippen LogP contribution in [0.25, 0.3) is 0 Å². The first-order valence-electron chi connectivity index (χ1n) is 6.56. The maximum absolute atomic E-state index is 11.9. The maximum Gasteiger partial charge on any atom is 0.265 e. The molecule has 2 rings (SSSR count). The van der Waals surface area contributed by atoms with Crippen LogP contribution in [0.5, 0.6) is 5.75 Å². The second-order valence-corrected chi connectivity index (χ2v) is 5.47. The zero-order valence-corrected chi connectivity index (χ0v) is 12.4. The molecule has 19 heavy (non-hydrogen) atoms. The second kappa shape index (κ2) is 7.06. The summed E-state index contributed by atoms with van der Waals surface area (Å²) in [5.74, 6) is 1.66. The van der Waals surface area contributed by atoms with Gasteiger partial charge in [0.2, 0.25) is 0 Å². The molecule has 0 N–H and O–H groups in total. The highest BCUT2D eigenvalue weighted by molar-refractivity contribution is 7.80. The van der Waals surface area contributed by atoms with Crippen LogP contribution in [0.4, 0.5) is 5.69 Å². The Morgan fingerprint density at radius 3 is 2.84 bits per heavy atom. The minimum atomic E-state index is 0.00367. The van der Waals surface area contributed by atoms with Crippen LogP contribution in [0.3, 0.4) is 0 Å². The normalized spacial score (nSPS) is 14.2. The van der Waals surface area contributed by atoms with Gasteiger partial charge in [0.25, 0.3) is 5.91 Å². The van der Waals surface area contributed by atoms with Gasteiger partial charge in [-0.2, -0.15) is 12.6 Å². The van der Waals surface area contributed by atoms with Crippen molar-refractivity contribution in [2.75, 3.05) is 23.8 Å². The fraction of sp³-hybridized carbons (Fsp3) is 0.500. The predicted molar refractivity (Wildman–Crippen MR) is 81.6 cm³/mol. The standard InChI is InChI=1S/C14H18ClNO2S/c15-11-5-6-13-12(9-11)16(14(17)10-18-13)7-3-1-2-4-8-19/h5-6,9,19H,1-4,7-8,10H2. The number of halogens is 1. The Kier molecular flexibility index (Phi) is 5.40. The molecule has 0 saturated carbocycles. The quantitative estimate of drug-likeness (QED) is 0.643. The molecule has 3 nitrogen and oxygen atoms in total. The van der Waals surface area contributed by atoms with Crippen LogP contribution in [0.15, 0.2) is 18.2 Å². The van der Waals surface area contributed by atoms with Gasteiger partial charge in [0.1, 0.15) is 5.75 Å². The van der Waals surface area contributed by atoms with Gasteiger partial charge in [0.05, 0.1) is 5.69 Å². The molecule has 0 radical (unpaired) electrons. The number of nitrogens with zero attached hydrogens (tertiary/aromatic N) is 1. The van der Waals surface area contributed by atoms with E-state index in [0.29, 0.717) is 5.02 Å². The summed E-state index contributed by atoms with van der Waals surface area (Å²) in [6, 6.07) is 5.39. The molecule has 104 valence electrons. The summed E-state index contributed by atoms with van der Waals surface area (Å²) in [6.07, 6.45) is 4.39. The van der Waals surface area contributed by atoms with Crippen LogP contribution in [0.1, 0.15) is 25.7 Å². The number of thiol groups is 1. The zero-order valence-electron chi connectivity index (χ0n) is 10.8. The minimum absolute atomic E-state index is 0.00367. The molecule has 0 spiro atoms. The van der Waals surface area contributed by atoms with E-state index < -0.39 is 0 Å². The Balaban J connectivity index is 1.99. The Hall–Kier alpha value is -0.870. The first kappa shape index (κ1) is 14.5. The highest BCUT2D eigenvalue weighted by Gasteiger charge is 2.25.